The molecule has 0 fully saturated rings. The number of benzene rings is 1. The summed E-state index contributed by atoms with van der Waals surface area (Å²) in [5, 5.41) is 14.7. The molecule has 0 saturated heterocycles. The number of nitrogens with one attached hydrogen (secondary N) is 2. The summed E-state index contributed by atoms with van der Waals surface area (Å²) in [7, 11) is 0. The van der Waals surface area contributed by atoms with Gasteiger partial charge in [0.25, 0.3) is 0 Å². The second kappa shape index (κ2) is 6.06. The Morgan fingerprint density at radius 2 is 2.17 bits per heavy atom. The zero-order valence-electron chi connectivity index (χ0n) is 11.1. The van der Waals surface area contributed by atoms with Crippen molar-refractivity contribution in [2.24, 2.45) is 0 Å². The molecule has 1 rings (SSSR count). The van der Waals surface area contributed by atoms with Gasteiger partial charge >= 0.3 is 0 Å². The summed E-state index contributed by atoms with van der Waals surface area (Å²) in [5.74, 6) is -0.0517. The Balaban J connectivity index is 2.50. The number of hydrogen-bond acceptors (Lipinski definition) is 3. The number of nitriles is 1. The number of carbonyl (C=O) groups excluding carboxylic acids is 1. The maximum Gasteiger partial charge on any atom is 0.239 e. The molecular formula is C14H19N3O. The highest BCUT2D eigenvalue weighted by molar-refractivity contribution is 5.81. The number of carbonyl (C=O) groups is 1. The minimum atomic E-state index is -0.187. The average molecular weight is 245 g/mol. The van der Waals surface area contributed by atoms with E-state index in [1.54, 1.807) is 18.2 Å². The van der Waals surface area contributed by atoms with Gasteiger partial charge in [-0.3, -0.25) is 4.79 Å². The third-order valence-electron chi connectivity index (χ3n) is 2.81. The maximum atomic E-state index is 11.7. The molecule has 96 valence electrons. The Labute approximate surface area is 108 Å². The lowest BCUT2D eigenvalue weighted by atomic mass is 10.0. The summed E-state index contributed by atoms with van der Waals surface area (Å²) >= 11 is 0. The standard InChI is InChI=1S/C14H19N3O/c1-4-14(2,3)17-13(18)10-16-12-7-5-6-11(8-12)9-15/h5-8,16H,4,10H2,1-3H3,(H,17,18). The van der Waals surface area contributed by atoms with Gasteiger partial charge in [-0.05, 0) is 38.5 Å². The molecule has 18 heavy (non-hydrogen) atoms. The van der Waals surface area contributed by atoms with E-state index in [9.17, 15) is 4.79 Å². The van der Waals surface area contributed by atoms with Crippen molar-refractivity contribution in [3.63, 3.8) is 0 Å². The van der Waals surface area contributed by atoms with Crippen LogP contribution in [0.2, 0.25) is 0 Å². The van der Waals surface area contributed by atoms with Crippen molar-refractivity contribution in [2.75, 3.05) is 11.9 Å². The molecule has 4 heteroatoms. The quantitative estimate of drug-likeness (QED) is 0.836. The molecule has 2 N–H and O–H groups in total. The number of amides is 1. The monoisotopic (exact) mass is 245 g/mol. The fourth-order valence-electron chi connectivity index (χ4n) is 1.39. The fourth-order valence-corrected chi connectivity index (χ4v) is 1.39. The van der Waals surface area contributed by atoms with E-state index in [-0.39, 0.29) is 18.0 Å². The molecule has 0 aliphatic heterocycles. The van der Waals surface area contributed by atoms with Crippen LogP contribution in [0.5, 0.6) is 0 Å². The lowest BCUT2D eigenvalue weighted by Crippen LogP contribution is -2.45. The second-order valence-electron chi connectivity index (χ2n) is 4.83. The normalized spacial score (nSPS) is 10.6. The summed E-state index contributed by atoms with van der Waals surface area (Å²) in [6.45, 7) is 6.21. The van der Waals surface area contributed by atoms with E-state index in [1.165, 1.54) is 0 Å². The second-order valence-corrected chi connectivity index (χ2v) is 4.83. The first-order chi connectivity index (χ1) is 8.46. The summed E-state index contributed by atoms with van der Waals surface area (Å²) < 4.78 is 0. The molecule has 1 amide bonds. The van der Waals surface area contributed by atoms with E-state index in [2.05, 4.69) is 16.7 Å². The molecule has 0 unspecified atom stereocenters. The first-order valence-electron chi connectivity index (χ1n) is 6.02. The smallest absolute Gasteiger partial charge is 0.239 e. The first kappa shape index (κ1) is 14.0. The maximum absolute atomic E-state index is 11.7. The molecule has 0 saturated carbocycles. The van der Waals surface area contributed by atoms with Crippen LogP contribution in [0.15, 0.2) is 24.3 Å². The molecule has 1 aromatic rings. The van der Waals surface area contributed by atoms with E-state index in [4.69, 9.17) is 5.26 Å². The van der Waals surface area contributed by atoms with Crippen molar-refractivity contribution in [3.8, 4) is 6.07 Å². The van der Waals surface area contributed by atoms with Crippen LogP contribution in [-0.4, -0.2) is 18.0 Å². The van der Waals surface area contributed by atoms with Gasteiger partial charge in [-0.25, -0.2) is 0 Å². The predicted octanol–water partition coefficient (Wildman–Crippen LogP) is 2.27. The lowest BCUT2D eigenvalue weighted by molar-refractivity contribution is -0.121. The van der Waals surface area contributed by atoms with Crippen molar-refractivity contribution >= 4 is 11.6 Å². The van der Waals surface area contributed by atoms with E-state index >= 15 is 0 Å². The third-order valence-corrected chi connectivity index (χ3v) is 2.81. The number of rotatable bonds is 5. The molecule has 0 bridgehead atoms. The zero-order chi connectivity index (χ0) is 13.6. The highest BCUT2D eigenvalue weighted by Gasteiger charge is 2.17. The zero-order valence-corrected chi connectivity index (χ0v) is 11.1. The molecule has 1 aromatic carbocycles. The van der Waals surface area contributed by atoms with Gasteiger partial charge in [0, 0.05) is 11.2 Å². The van der Waals surface area contributed by atoms with Gasteiger partial charge < -0.3 is 10.6 Å². The van der Waals surface area contributed by atoms with Gasteiger partial charge in [-0.1, -0.05) is 13.0 Å². The third kappa shape index (κ3) is 4.46. The minimum Gasteiger partial charge on any atom is -0.376 e. The minimum absolute atomic E-state index is 0.0517. The highest BCUT2D eigenvalue weighted by atomic mass is 16.2. The molecule has 0 aromatic heterocycles. The van der Waals surface area contributed by atoms with Crippen LogP contribution in [0, 0.1) is 11.3 Å². The molecule has 0 atom stereocenters. The van der Waals surface area contributed by atoms with Crippen LogP contribution in [0.4, 0.5) is 5.69 Å². The van der Waals surface area contributed by atoms with Gasteiger partial charge in [-0.15, -0.1) is 0 Å². The average Bonchev–Trinajstić information content (AvgIpc) is 2.36. The Bertz CT molecular complexity index is 460. The van der Waals surface area contributed by atoms with E-state index < -0.39 is 0 Å². The summed E-state index contributed by atoms with van der Waals surface area (Å²) in [6.07, 6.45) is 0.878. The first-order valence-corrected chi connectivity index (χ1v) is 6.02. The largest absolute Gasteiger partial charge is 0.376 e. The topological polar surface area (TPSA) is 64.9 Å². The van der Waals surface area contributed by atoms with Crippen molar-refractivity contribution in [2.45, 2.75) is 32.7 Å². The van der Waals surface area contributed by atoms with Crippen LogP contribution >= 0.6 is 0 Å². The fraction of sp³-hybridized carbons (Fsp3) is 0.429. The van der Waals surface area contributed by atoms with E-state index in [0.29, 0.717) is 5.56 Å². The van der Waals surface area contributed by atoms with E-state index in [0.717, 1.165) is 12.1 Å². The van der Waals surface area contributed by atoms with E-state index in [1.807, 2.05) is 26.8 Å². The van der Waals surface area contributed by atoms with Crippen LogP contribution in [0.1, 0.15) is 32.8 Å². The highest BCUT2D eigenvalue weighted by Crippen LogP contribution is 2.10. The predicted molar refractivity (Wildman–Crippen MR) is 72.2 cm³/mol. The Morgan fingerprint density at radius 3 is 2.78 bits per heavy atom. The van der Waals surface area contributed by atoms with Crippen molar-refractivity contribution in [1.82, 2.24) is 5.32 Å². The van der Waals surface area contributed by atoms with Crippen LogP contribution < -0.4 is 10.6 Å². The molecular weight excluding hydrogens is 226 g/mol. The van der Waals surface area contributed by atoms with Crippen LogP contribution in [0.25, 0.3) is 0 Å². The van der Waals surface area contributed by atoms with Gasteiger partial charge in [0.15, 0.2) is 0 Å². The van der Waals surface area contributed by atoms with Crippen molar-refractivity contribution in [3.05, 3.63) is 29.8 Å². The molecule has 0 spiro atoms. The number of anilines is 1. The molecule has 0 heterocycles. The van der Waals surface area contributed by atoms with Gasteiger partial charge in [0.2, 0.25) is 5.91 Å². The van der Waals surface area contributed by atoms with Crippen LogP contribution in [0.3, 0.4) is 0 Å². The SMILES string of the molecule is CCC(C)(C)NC(=O)CNc1cccc(C#N)c1. The van der Waals surface area contributed by atoms with Gasteiger partial charge in [-0.2, -0.15) is 5.26 Å². The van der Waals surface area contributed by atoms with Gasteiger partial charge in [0.1, 0.15) is 0 Å². The number of hydrogen-bond donors (Lipinski definition) is 2. The molecule has 4 nitrogen and oxygen atoms in total. The Kier molecular flexibility index (Phi) is 4.73. The van der Waals surface area contributed by atoms with Crippen molar-refractivity contribution in [1.29, 1.82) is 5.26 Å². The molecule has 0 aliphatic rings. The summed E-state index contributed by atoms with van der Waals surface area (Å²) in [4.78, 5) is 11.7. The number of nitrogens with zero attached hydrogens (tertiary/aromatic N) is 1. The van der Waals surface area contributed by atoms with Gasteiger partial charge in [0.05, 0.1) is 18.2 Å². The lowest BCUT2D eigenvalue weighted by Gasteiger charge is -2.24. The molecule has 0 radical (unpaired) electrons. The van der Waals surface area contributed by atoms with Crippen LogP contribution in [-0.2, 0) is 4.79 Å². The van der Waals surface area contributed by atoms with Crippen molar-refractivity contribution < 1.29 is 4.79 Å². The molecule has 0 aliphatic carbocycles. The summed E-state index contributed by atoms with van der Waals surface area (Å²) in [5.41, 5.74) is 1.17. The Morgan fingerprint density at radius 1 is 1.44 bits per heavy atom. The summed E-state index contributed by atoms with van der Waals surface area (Å²) in [6, 6.07) is 9.13. The Hall–Kier alpha value is -2.02.